The Kier molecular flexibility index (Phi) is 4.37. The van der Waals surface area contributed by atoms with E-state index in [4.69, 9.17) is 4.74 Å². The third-order valence-electron chi connectivity index (χ3n) is 4.18. The molecule has 1 N–H and O–H groups in total. The summed E-state index contributed by atoms with van der Waals surface area (Å²) >= 11 is 0. The maximum Gasteiger partial charge on any atom is 0.129 e. The number of halogens is 1. The van der Waals surface area contributed by atoms with Crippen LogP contribution < -0.4 is 4.74 Å². The van der Waals surface area contributed by atoms with E-state index in [9.17, 15) is 9.50 Å². The van der Waals surface area contributed by atoms with Crippen molar-refractivity contribution < 1.29 is 14.2 Å². The van der Waals surface area contributed by atoms with Gasteiger partial charge in [0.1, 0.15) is 23.3 Å². The van der Waals surface area contributed by atoms with E-state index in [1.165, 1.54) is 12.1 Å². The number of benzene rings is 1. The fraction of sp³-hybridized carbons (Fsp3) is 0.471. The molecule has 124 valence electrons. The molecule has 23 heavy (non-hydrogen) atoms. The molecule has 0 spiro atoms. The Labute approximate surface area is 135 Å². The molecule has 0 unspecified atom stereocenters. The van der Waals surface area contributed by atoms with Gasteiger partial charge in [0.2, 0.25) is 0 Å². The molecule has 2 aromatic rings. The van der Waals surface area contributed by atoms with Crippen molar-refractivity contribution in [1.29, 1.82) is 0 Å². The van der Waals surface area contributed by atoms with E-state index in [0.717, 1.165) is 18.7 Å². The smallest absolute Gasteiger partial charge is 0.129 e. The molecule has 0 aliphatic carbocycles. The summed E-state index contributed by atoms with van der Waals surface area (Å²) in [6.45, 7) is 3.83. The first-order valence-electron chi connectivity index (χ1n) is 7.77. The van der Waals surface area contributed by atoms with E-state index in [-0.39, 0.29) is 11.9 Å². The minimum Gasteiger partial charge on any atom is -0.487 e. The van der Waals surface area contributed by atoms with Crippen molar-refractivity contribution >= 4 is 0 Å². The summed E-state index contributed by atoms with van der Waals surface area (Å²) in [5.41, 5.74) is 0.125. The van der Waals surface area contributed by atoms with Crippen LogP contribution >= 0.6 is 0 Å². The van der Waals surface area contributed by atoms with E-state index < -0.39 is 5.60 Å². The van der Waals surface area contributed by atoms with Crippen LogP contribution in [0.1, 0.15) is 18.9 Å². The van der Waals surface area contributed by atoms with Gasteiger partial charge in [-0.1, -0.05) is 6.07 Å². The highest BCUT2D eigenvalue weighted by Crippen LogP contribution is 2.27. The fourth-order valence-corrected chi connectivity index (χ4v) is 3.08. The first kappa shape index (κ1) is 16.0. The molecule has 2 atom stereocenters. The Morgan fingerprint density at radius 1 is 1.48 bits per heavy atom. The average molecular weight is 319 g/mol. The fourth-order valence-electron chi connectivity index (χ4n) is 3.08. The SMILES string of the molecule is Cn1cc(CN2CC[C@H](Oc3cccc(F)c3)[C@@](C)(O)C2)cn1. The molecule has 1 saturated heterocycles. The van der Waals surface area contributed by atoms with Gasteiger partial charge in [0, 0.05) is 44.5 Å². The molecule has 0 bridgehead atoms. The van der Waals surface area contributed by atoms with Crippen LogP contribution in [0, 0.1) is 5.82 Å². The lowest BCUT2D eigenvalue weighted by Crippen LogP contribution is -2.56. The summed E-state index contributed by atoms with van der Waals surface area (Å²) in [4.78, 5) is 2.18. The van der Waals surface area contributed by atoms with Gasteiger partial charge in [0.05, 0.1) is 6.20 Å². The third-order valence-corrected chi connectivity index (χ3v) is 4.18. The van der Waals surface area contributed by atoms with Crippen molar-refractivity contribution in [3.63, 3.8) is 0 Å². The highest BCUT2D eigenvalue weighted by Gasteiger charge is 2.39. The number of piperidine rings is 1. The highest BCUT2D eigenvalue weighted by molar-refractivity contribution is 5.23. The number of hydrogen-bond acceptors (Lipinski definition) is 4. The molecule has 2 heterocycles. The van der Waals surface area contributed by atoms with Gasteiger partial charge in [0.25, 0.3) is 0 Å². The molecule has 0 radical (unpaired) electrons. The lowest BCUT2D eigenvalue weighted by atomic mass is 9.91. The second-order valence-electron chi connectivity index (χ2n) is 6.44. The number of rotatable bonds is 4. The minimum absolute atomic E-state index is 0.337. The zero-order valence-corrected chi connectivity index (χ0v) is 13.4. The standard InChI is InChI=1S/C17H22FN3O2/c1-17(22)12-21(11-13-9-19-20(2)10-13)7-6-16(17)23-15-5-3-4-14(18)8-15/h3-5,8-10,16,22H,6-7,11-12H2,1-2H3/t16-,17-/m0/s1. The molecule has 5 nitrogen and oxygen atoms in total. The molecule has 1 fully saturated rings. The van der Waals surface area contributed by atoms with Crippen molar-refractivity contribution in [2.75, 3.05) is 13.1 Å². The Hall–Kier alpha value is -1.92. The summed E-state index contributed by atoms with van der Waals surface area (Å²) < 4.78 is 20.9. The zero-order valence-electron chi connectivity index (χ0n) is 13.4. The number of aliphatic hydroxyl groups is 1. The van der Waals surface area contributed by atoms with Gasteiger partial charge in [0.15, 0.2) is 0 Å². The summed E-state index contributed by atoms with van der Waals surface area (Å²) in [6, 6.07) is 6.04. The Morgan fingerprint density at radius 2 is 2.30 bits per heavy atom. The summed E-state index contributed by atoms with van der Waals surface area (Å²) in [7, 11) is 1.89. The van der Waals surface area contributed by atoms with Crippen LogP contribution in [0.15, 0.2) is 36.7 Å². The first-order chi connectivity index (χ1) is 10.9. The number of nitrogens with zero attached hydrogens (tertiary/aromatic N) is 3. The Bertz CT molecular complexity index is 671. The lowest BCUT2D eigenvalue weighted by molar-refractivity contribution is -0.0993. The van der Waals surface area contributed by atoms with Gasteiger partial charge >= 0.3 is 0 Å². The van der Waals surface area contributed by atoms with E-state index in [0.29, 0.717) is 18.7 Å². The van der Waals surface area contributed by atoms with Gasteiger partial charge in [-0.3, -0.25) is 9.58 Å². The van der Waals surface area contributed by atoms with Crippen LogP contribution in [0.25, 0.3) is 0 Å². The first-order valence-corrected chi connectivity index (χ1v) is 7.77. The zero-order chi connectivity index (χ0) is 16.4. The van der Waals surface area contributed by atoms with E-state index in [2.05, 4.69) is 10.00 Å². The summed E-state index contributed by atoms with van der Waals surface area (Å²) in [6.07, 6.45) is 4.15. The van der Waals surface area contributed by atoms with Crippen molar-refractivity contribution in [3.05, 3.63) is 48.0 Å². The van der Waals surface area contributed by atoms with Gasteiger partial charge in [-0.15, -0.1) is 0 Å². The van der Waals surface area contributed by atoms with Crippen molar-refractivity contribution in [2.24, 2.45) is 7.05 Å². The van der Waals surface area contributed by atoms with Gasteiger partial charge in [-0.05, 0) is 25.5 Å². The molecule has 1 aliphatic heterocycles. The molecule has 0 amide bonds. The van der Waals surface area contributed by atoms with Crippen molar-refractivity contribution in [2.45, 2.75) is 31.6 Å². The monoisotopic (exact) mass is 319 g/mol. The Morgan fingerprint density at radius 3 is 2.96 bits per heavy atom. The summed E-state index contributed by atoms with van der Waals surface area (Å²) in [5, 5.41) is 14.9. The molecule has 1 aromatic heterocycles. The lowest BCUT2D eigenvalue weighted by Gasteiger charge is -2.42. The third kappa shape index (κ3) is 3.89. The van der Waals surface area contributed by atoms with E-state index in [1.54, 1.807) is 23.7 Å². The molecule has 3 rings (SSSR count). The minimum atomic E-state index is -0.993. The predicted octanol–water partition coefficient (Wildman–Crippen LogP) is 1.96. The second kappa shape index (κ2) is 6.29. The molecule has 1 aliphatic rings. The maximum atomic E-state index is 13.3. The number of aromatic nitrogens is 2. The van der Waals surface area contributed by atoms with E-state index >= 15 is 0 Å². The van der Waals surface area contributed by atoms with Crippen LogP contribution in [-0.4, -0.2) is 44.6 Å². The summed E-state index contributed by atoms with van der Waals surface area (Å²) in [5.74, 6) is 0.118. The van der Waals surface area contributed by atoms with Gasteiger partial charge in [-0.25, -0.2) is 4.39 Å². The normalized spacial score (nSPS) is 25.5. The largest absolute Gasteiger partial charge is 0.487 e. The number of likely N-dealkylation sites (tertiary alicyclic amines) is 1. The van der Waals surface area contributed by atoms with Crippen LogP contribution in [0.4, 0.5) is 4.39 Å². The van der Waals surface area contributed by atoms with Crippen molar-refractivity contribution in [3.8, 4) is 5.75 Å². The quantitative estimate of drug-likeness (QED) is 0.936. The van der Waals surface area contributed by atoms with Gasteiger partial charge in [-0.2, -0.15) is 5.10 Å². The number of hydrogen-bond donors (Lipinski definition) is 1. The molecule has 0 saturated carbocycles. The Balaban J connectivity index is 1.63. The van der Waals surface area contributed by atoms with Crippen LogP contribution in [0.5, 0.6) is 5.75 Å². The van der Waals surface area contributed by atoms with Crippen LogP contribution in [0.3, 0.4) is 0 Å². The molecule has 1 aromatic carbocycles. The predicted molar refractivity (Wildman–Crippen MR) is 84.5 cm³/mol. The van der Waals surface area contributed by atoms with Crippen LogP contribution in [-0.2, 0) is 13.6 Å². The highest BCUT2D eigenvalue weighted by atomic mass is 19.1. The van der Waals surface area contributed by atoms with Crippen molar-refractivity contribution in [1.82, 2.24) is 14.7 Å². The topological polar surface area (TPSA) is 50.5 Å². The van der Waals surface area contributed by atoms with Crippen LogP contribution in [0.2, 0.25) is 0 Å². The number of ether oxygens (including phenoxy) is 1. The second-order valence-corrected chi connectivity index (χ2v) is 6.44. The van der Waals surface area contributed by atoms with Gasteiger partial charge < -0.3 is 9.84 Å². The number of β-amino-alcohol motifs (C(OH)–C–C–N with tert-alkyl or cyclic N) is 1. The van der Waals surface area contributed by atoms with E-state index in [1.807, 2.05) is 19.4 Å². The maximum absolute atomic E-state index is 13.3. The number of aryl methyl sites for hydroxylation is 1. The average Bonchev–Trinajstić information content (AvgIpc) is 2.87. The molecular weight excluding hydrogens is 297 g/mol. The molecular formula is C17H22FN3O2. The molecule has 6 heteroatoms.